The van der Waals surface area contributed by atoms with Crippen LogP contribution in [0.3, 0.4) is 0 Å². The molecule has 21 heavy (non-hydrogen) atoms. The summed E-state index contributed by atoms with van der Waals surface area (Å²) in [5, 5.41) is 0. The summed E-state index contributed by atoms with van der Waals surface area (Å²) in [5.74, 6) is 1.39. The minimum absolute atomic E-state index is 0. The third-order valence-corrected chi connectivity index (χ3v) is 6.10. The van der Waals surface area contributed by atoms with Crippen LogP contribution >= 0.6 is 24.0 Å². The number of nitrogens with zero attached hydrogens (tertiary/aromatic N) is 2. The monoisotopic (exact) mass is 429 g/mol. The molecular formula is C14H28IN3O2S. The highest BCUT2D eigenvalue weighted by atomic mass is 127. The molecule has 2 N–H and O–H groups in total. The minimum Gasteiger partial charge on any atom is -0.370 e. The lowest BCUT2D eigenvalue weighted by molar-refractivity contribution is 0.347. The largest absolute Gasteiger partial charge is 0.370 e. The third-order valence-electron chi connectivity index (χ3n) is 4.32. The quantitative estimate of drug-likeness (QED) is 0.412. The smallest absolute Gasteiger partial charge is 0.191 e. The summed E-state index contributed by atoms with van der Waals surface area (Å²) in [6.07, 6.45) is 8.11. The maximum atomic E-state index is 11.9. The first-order chi connectivity index (χ1) is 9.57. The predicted molar refractivity (Wildman–Crippen MR) is 97.9 cm³/mol. The van der Waals surface area contributed by atoms with Crippen LogP contribution in [0.5, 0.6) is 0 Å². The molecule has 2 rings (SSSR count). The second-order valence-corrected chi connectivity index (χ2v) is 8.28. The van der Waals surface area contributed by atoms with Crippen LogP contribution in [0.1, 0.15) is 44.9 Å². The van der Waals surface area contributed by atoms with Crippen molar-refractivity contribution in [3.05, 3.63) is 0 Å². The molecule has 0 atom stereocenters. The molecule has 0 spiro atoms. The van der Waals surface area contributed by atoms with Crippen LogP contribution in [0.15, 0.2) is 4.99 Å². The first-order valence-electron chi connectivity index (χ1n) is 7.82. The van der Waals surface area contributed by atoms with Crippen molar-refractivity contribution in [3.63, 3.8) is 0 Å². The zero-order chi connectivity index (χ0) is 14.4. The molecule has 5 nitrogen and oxygen atoms in total. The lowest BCUT2D eigenvalue weighted by Crippen LogP contribution is -2.38. The van der Waals surface area contributed by atoms with Gasteiger partial charge in [0.2, 0.25) is 0 Å². The van der Waals surface area contributed by atoms with E-state index >= 15 is 0 Å². The van der Waals surface area contributed by atoms with Gasteiger partial charge in [0.05, 0.1) is 18.1 Å². The van der Waals surface area contributed by atoms with Gasteiger partial charge in [-0.05, 0) is 31.6 Å². The Labute approximate surface area is 145 Å². The van der Waals surface area contributed by atoms with Crippen LogP contribution in [-0.2, 0) is 9.84 Å². The summed E-state index contributed by atoms with van der Waals surface area (Å²) in [6, 6.07) is 0. The molecule has 0 aromatic rings. The van der Waals surface area contributed by atoms with Crippen molar-refractivity contribution < 1.29 is 8.42 Å². The van der Waals surface area contributed by atoms with E-state index in [2.05, 4.69) is 9.89 Å². The van der Waals surface area contributed by atoms with Crippen LogP contribution in [0.25, 0.3) is 0 Å². The number of guanidine groups is 1. The summed E-state index contributed by atoms with van der Waals surface area (Å²) in [4.78, 5) is 6.36. The fourth-order valence-electron chi connectivity index (χ4n) is 2.80. The second-order valence-electron chi connectivity index (χ2n) is 6.05. The highest BCUT2D eigenvalue weighted by Gasteiger charge is 2.24. The molecule has 0 aromatic carbocycles. The van der Waals surface area contributed by atoms with E-state index in [9.17, 15) is 8.42 Å². The highest BCUT2D eigenvalue weighted by molar-refractivity contribution is 14.0. The van der Waals surface area contributed by atoms with Crippen molar-refractivity contribution in [3.8, 4) is 0 Å². The zero-order valence-electron chi connectivity index (χ0n) is 12.7. The van der Waals surface area contributed by atoms with Gasteiger partial charge in [0, 0.05) is 13.1 Å². The molecule has 0 radical (unpaired) electrons. The molecule has 7 heteroatoms. The number of rotatable bonds is 5. The summed E-state index contributed by atoms with van der Waals surface area (Å²) >= 11 is 0. The molecule has 0 bridgehead atoms. The highest BCUT2D eigenvalue weighted by Crippen LogP contribution is 2.27. The van der Waals surface area contributed by atoms with Crippen molar-refractivity contribution >= 4 is 39.8 Å². The fraction of sp³-hybridized carbons (Fsp3) is 0.929. The molecule has 2 aliphatic rings. The molecule has 1 aliphatic heterocycles. The number of halogens is 1. The summed E-state index contributed by atoms with van der Waals surface area (Å²) < 4.78 is 23.8. The van der Waals surface area contributed by atoms with Crippen LogP contribution in [0.2, 0.25) is 0 Å². The van der Waals surface area contributed by atoms with E-state index in [1.165, 1.54) is 19.3 Å². The molecule has 1 heterocycles. The molecule has 1 saturated heterocycles. The van der Waals surface area contributed by atoms with Gasteiger partial charge in [-0.3, -0.25) is 4.99 Å². The Balaban J connectivity index is 0.00000220. The lowest BCUT2D eigenvalue weighted by Gasteiger charge is -2.24. The van der Waals surface area contributed by atoms with Crippen LogP contribution in [0, 0.1) is 5.92 Å². The van der Waals surface area contributed by atoms with E-state index in [0.29, 0.717) is 24.2 Å². The first kappa shape index (κ1) is 19.0. The number of sulfone groups is 1. The maximum Gasteiger partial charge on any atom is 0.191 e. The Hall–Kier alpha value is -0.0500. The molecule has 0 aromatic heterocycles. The Morgan fingerprint density at radius 3 is 2.24 bits per heavy atom. The number of likely N-dealkylation sites (tertiary alicyclic amines) is 1. The van der Waals surface area contributed by atoms with Crippen LogP contribution < -0.4 is 5.73 Å². The van der Waals surface area contributed by atoms with Gasteiger partial charge in [-0.1, -0.05) is 19.3 Å². The van der Waals surface area contributed by atoms with Gasteiger partial charge in [0.1, 0.15) is 0 Å². The normalized spacial score (nSPS) is 21.3. The topological polar surface area (TPSA) is 75.8 Å². The molecule has 2 fully saturated rings. The number of hydrogen-bond acceptors (Lipinski definition) is 3. The van der Waals surface area contributed by atoms with Crippen molar-refractivity contribution in [2.45, 2.75) is 44.9 Å². The van der Waals surface area contributed by atoms with Crippen molar-refractivity contribution in [2.75, 3.05) is 31.1 Å². The standard InChI is InChI=1S/C14H27N3O2S.HI/c15-14(17-9-3-1-2-4-10-17)16-8-11-20(18,19)12-13-6-5-7-13;/h13H,1-12H2,(H2,15,16);1H. The van der Waals surface area contributed by atoms with E-state index < -0.39 is 9.84 Å². The van der Waals surface area contributed by atoms with Crippen LogP contribution in [-0.4, -0.2) is 50.4 Å². The van der Waals surface area contributed by atoms with Gasteiger partial charge in [-0.15, -0.1) is 24.0 Å². The summed E-state index contributed by atoms with van der Waals surface area (Å²) in [6.45, 7) is 2.20. The number of hydrogen-bond donors (Lipinski definition) is 1. The number of nitrogens with two attached hydrogens (primary N) is 1. The van der Waals surface area contributed by atoms with E-state index in [4.69, 9.17) is 5.73 Å². The minimum atomic E-state index is -2.96. The molecule has 1 aliphatic carbocycles. The Bertz CT molecular complexity index is 428. The molecule has 0 unspecified atom stereocenters. The summed E-state index contributed by atoms with van der Waals surface area (Å²) in [5.41, 5.74) is 5.97. The second kappa shape index (κ2) is 9.17. The Morgan fingerprint density at radius 1 is 1.10 bits per heavy atom. The van der Waals surface area contributed by atoms with Gasteiger partial charge < -0.3 is 10.6 Å². The summed E-state index contributed by atoms with van der Waals surface area (Å²) in [7, 11) is -2.96. The third kappa shape index (κ3) is 6.71. The number of aliphatic imine (C=N–C) groups is 1. The molecule has 124 valence electrons. The van der Waals surface area contributed by atoms with Gasteiger partial charge in [0.15, 0.2) is 15.8 Å². The van der Waals surface area contributed by atoms with Crippen LogP contribution in [0.4, 0.5) is 0 Å². The van der Waals surface area contributed by atoms with Crippen molar-refractivity contribution in [1.82, 2.24) is 4.90 Å². The fourth-order valence-corrected chi connectivity index (χ4v) is 4.39. The van der Waals surface area contributed by atoms with Crippen molar-refractivity contribution in [1.29, 1.82) is 0 Å². The van der Waals surface area contributed by atoms with E-state index in [1.54, 1.807) is 0 Å². The van der Waals surface area contributed by atoms with Gasteiger partial charge >= 0.3 is 0 Å². The van der Waals surface area contributed by atoms with Crippen molar-refractivity contribution in [2.24, 2.45) is 16.6 Å². The molecule has 1 saturated carbocycles. The average Bonchev–Trinajstić information content (AvgIpc) is 2.62. The maximum absolute atomic E-state index is 11.9. The average molecular weight is 429 g/mol. The van der Waals surface area contributed by atoms with Gasteiger partial charge in [-0.25, -0.2) is 8.42 Å². The van der Waals surface area contributed by atoms with E-state index in [0.717, 1.165) is 38.8 Å². The Morgan fingerprint density at radius 2 is 1.71 bits per heavy atom. The SMILES string of the molecule is I.NC(=NCCS(=O)(=O)CC1CCC1)N1CCCCCC1. The van der Waals surface area contributed by atoms with E-state index in [-0.39, 0.29) is 29.7 Å². The van der Waals surface area contributed by atoms with E-state index in [1.807, 2.05) is 0 Å². The molecular weight excluding hydrogens is 401 g/mol. The predicted octanol–water partition coefficient (Wildman–Crippen LogP) is 2.01. The molecule has 0 amide bonds. The first-order valence-corrected chi connectivity index (χ1v) is 9.64. The lowest BCUT2D eigenvalue weighted by atomic mass is 9.87. The Kier molecular flexibility index (Phi) is 8.30. The zero-order valence-corrected chi connectivity index (χ0v) is 15.8. The van der Waals surface area contributed by atoms with Gasteiger partial charge in [0.25, 0.3) is 0 Å². The van der Waals surface area contributed by atoms with Gasteiger partial charge in [-0.2, -0.15) is 0 Å².